The third-order valence-electron chi connectivity index (χ3n) is 2.72. The summed E-state index contributed by atoms with van der Waals surface area (Å²) in [6, 6.07) is 21.1. The van der Waals surface area contributed by atoms with Crippen LogP contribution in [0.1, 0.15) is 12.5 Å². The molecule has 5 nitrogen and oxygen atoms in total. The second-order valence-corrected chi connectivity index (χ2v) is 5.18. The highest BCUT2D eigenvalue weighted by atomic mass is 32.3. The lowest BCUT2D eigenvalue weighted by atomic mass is 10.2. The van der Waals surface area contributed by atoms with E-state index in [2.05, 4.69) is 72.5 Å². The van der Waals surface area contributed by atoms with Gasteiger partial charge in [-0.2, -0.15) is 8.42 Å². The highest BCUT2D eigenvalue weighted by molar-refractivity contribution is 7.79. The second kappa shape index (κ2) is 8.41. The van der Waals surface area contributed by atoms with Crippen LogP contribution in [0.25, 0.3) is 0 Å². The van der Waals surface area contributed by atoms with Crippen molar-refractivity contribution in [1.82, 2.24) is 0 Å². The van der Waals surface area contributed by atoms with Gasteiger partial charge in [0.15, 0.2) is 0 Å². The molecule has 0 heterocycles. The SMILES string of the molecule is CCN(Cc1ccccc1)c1ccccc1.O=S(=O)(O)O. The van der Waals surface area contributed by atoms with Crippen LogP contribution in [-0.4, -0.2) is 24.1 Å². The van der Waals surface area contributed by atoms with Crippen molar-refractivity contribution < 1.29 is 17.5 Å². The van der Waals surface area contributed by atoms with E-state index in [1.54, 1.807) is 0 Å². The summed E-state index contributed by atoms with van der Waals surface area (Å²) >= 11 is 0. The van der Waals surface area contributed by atoms with Gasteiger partial charge in [-0.3, -0.25) is 9.11 Å². The Bertz CT molecular complexity index is 607. The molecule has 0 atom stereocenters. The average molecular weight is 309 g/mol. The predicted octanol–water partition coefficient (Wildman–Crippen LogP) is 3.06. The van der Waals surface area contributed by atoms with Crippen LogP contribution in [0, 0.1) is 0 Å². The third kappa shape index (κ3) is 8.09. The fourth-order valence-corrected chi connectivity index (χ4v) is 1.83. The van der Waals surface area contributed by atoms with Crippen LogP contribution < -0.4 is 4.90 Å². The molecule has 0 fully saturated rings. The van der Waals surface area contributed by atoms with E-state index in [0.717, 1.165) is 13.1 Å². The summed E-state index contributed by atoms with van der Waals surface area (Å²) < 4.78 is 31.6. The lowest BCUT2D eigenvalue weighted by Gasteiger charge is -2.23. The van der Waals surface area contributed by atoms with Gasteiger partial charge in [0.25, 0.3) is 0 Å². The Balaban J connectivity index is 0.000000383. The minimum Gasteiger partial charge on any atom is -0.367 e. The Morgan fingerprint density at radius 3 is 1.76 bits per heavy atom. The van der Waals surface area contributed by atoms with E-state index < -0.39 is 10.4 Å². The summed E-state index contributed by atoms with van der Waals surface area (Å²) in [7, 11) is -4.67. The van der Waals surface area contributed by atoms with Gasteiger partial charge in [-0.25, -0.2) is 0 Å². The first-order valence-corrected chi connectivity index (χ1v) is 7.83. The van der Waals surface area contributed by atoms with Crippen molar-refractivity contribution in [2.45, 2.75) is 13.5 Å². The molecule has 2 aromatic carbocycles. The van der Waals surface area contributed by atoms with E-state index >= 15 is 0 Å². The monoisotopic (exact) mass is 309 g/mol. The third-order valence-corrected chi connectivity index (χ3v) is 2.72. The van der Waals surface area contributed by atoms with Crippen LogP contribution in [0.15, 0.2) is 60.7 Å². The normalized spacial score (nSPS) is 10.4. The van der Waals surface area contributed by atoms with E-state index in [1.165, 1.54) is 11.3 Å². The molecule has 0 bridgehead atoms. The molecule has 0 saturated carbocycles. The molecule has 2 N–H and O–H groups in total. The lowest BCUT2D eigenvalue weighted by molar-refractivity contribution is 0.381. The molecule has 6 heteroatoms. The van der Waals surface area contributed by atoms with Crippen LogP contribution in [0.5, 0.6) is 0 Å². The van der Waals surface area contributed by atoms with Crippen LogP contribution in [0.3, 0.4) is 0 Å². The van der Waals surface area contributed by atoms with Crippen LogP contribution in [0.2, 0.25) is 0 Å². The van der Waals surface area contributed by atoms with Gasteiger partial charge in [0.05, 0.1) is 0 Å². The smallest absolute Gasteiger partial charge is 0.367 e. The van der Waals surface area contributed by atoms with E-state index in [4.69, 9.17) is 17.5 Å². The molecule has 21 heavy (non-hydrogen) atoms. The second-order valence-electron chi connectivity index (χ2n) is 4.28. The van der Waals surface area contributed by atoms with Crippen molar-refractivity contribution in [2.24, 2.45) is 0 Å². The highest BCUT2D eigenvalue weighted by Gasteiger charge is 2.03. The lowest BCUT2D eigenvalue weighted by Crippen LogP contribution is -2.21. The molecule has 0 amide bonds. The maximum Gasteiger partial charge on any atom is 0.394 e. The van der Waals surface area contributed by atoms with Crippen molar-refractivity contribution in [1.29, 1.82) is 0 Å². The largest absolute Gasteiger partial charge is 0.394 e. The Hall–Kier alpha value is -1.89. The minimum atomic E-state index is -4.67. The van der Waals surface area contributed by atoms with E-state index in [-0.39, 0.29) is 0 Å². The van der Waals surface area contributed by atoms with Gasteiger partial charge in [-0.1, -0.05) is 48.5 Å². The molecule has 0 aliphatic heterocycles. The first-order chi connectivity index (χ1) is 9.90. The van der Waals surface area contributed by atoms with Gasteiger partial charge in [0.1, 0.15) is 0 Å². The van der Waals surface area contributed by atoms with Crippen LogP contribution in [-0.2, 0) is 16.9 Å². The van der Waals surface area contributed by atoms with Crippen molar-refractivity contribution in [3.8, 4) is 0 Å². The molecule has 0 saturated heterocycles. The molecule has 0 unspecified atom stereocenters. The molecule has 0 radical (unpaired) electrons. The topological polar surface area (TPSA) is 77.8 Å². The van der Waals surface area contributed by atoms with Crippen molar-refractivity contribution in [2.75, 3.05) is 11.4 Å². The van der Waals surface area contributed by atoms with Crippen LogP contribution >= 0.6 is 0 Å². The van der Waals surface area contributed by atoms with E-state index in [0.29, 0.717) is 0 Å². The molecule has 2 aromatic rings. The zero-order valence-corrected chi connectivity index (χ0v) is 12.6. The minimum absolute atomic E-state index is 0.974. The Morgan fingerprint density at radius 2 is 1.33 bits per heavy atom. The molecule has 0 aromatic heterocycles. The van der Waals surface area contributed by atoms with E-state index in [9.17, 15) is 0 Å². The van der Waals surface area contributed by atoms with Gasteiger partial charge >= 0.3 is 10.4 Å². The summed E-state index contributed by atoms with van der Waals surface area (Å²) in [5.74, 6) is 0. The number of anilines is 1. The number of benzene rings is 2. The van der Waals surface area contributed by atoms with Crippen LogP contribution in [0.4, 0.5) is 5.69 Å². The summed E-state index contributed by atoms with van der Waals surface area (Å²) in [6.07, 6.45) is 0. The fourth-order valence-electron chi connectivity index (χ4n) is 1.83. The van der Waals surface area contributed by atoms with Crippen molar-refractivity contribution >= 4 is 16.1 Å². The molecule has 0 spiro atoms. The molecular weight excluding hydrogens is 290 g/mol. The van der Waals surface area contributed by atoms with Gasteiger partial charge in [0.2, 0.25) is 0 Å². The van der Waals surface area contributed by atoms with Gasteiger partial charge in [0, 0.05) is 18.8 Å². The number of hydrogen-bond donors (Lipinski definition) is 2. The summed E-state index contributed by atoms with van der Waals surface area (Å²) in [5, 5.41) is 0. The highest BCUT2D eigenvalue weighted by Crippen LogP contribution is 2.15. The predicted molar refractivity (Wildman–Crippen MR) is 83.8 cm³/mol. The zero-order chi connectivity index (χ0) is 15.7. The summed E-state index contributed by atoms with van der Waals surface area (Å²) in [6.45, 7) is 4.19. The van der Waals surface area contributed by atoms with Crippen molar-refractivity contribution in [3.63, 3.8) is 0 Å². The standard InChI is InChI=1S/C15H17N.H2O4S/c1-2-16(15-11-7-4-8-12-15)13-14-9-5-3-6-10-14;1-5(2,3)4/h3-12H,2,13H2,1H3;(H2,1,2,3,4). The van der Waals surface area contributed by atoms with Crippen molar-refractivity contribution in [3.05, 3.63) is 66.2 Å². The van der Waals surface area contributed by atoms with Gasteiger partial charge < -0.3 is 4.90 Å². The average Bonchev–Trinajstić information content (AvgIpc) is 2.45. The summed E-state index contributed by atoms with van der Waals surface area (Å²) in [5.41, 5.74) is 2.64. The molecule has 0 aliphatic carbocycles. The van der Waals surface area contributed by atoms with Gasteiger partial charge in [-0.05, 0) is 24.6 Å². The molecule has 2 rings (SSSR count). The maximum absolute atomic E-state index is 8.74. The molecular formula is C15H19NO4S. The number of rotatable bonds is 4. The number of para-hydroxylation sites is 1. The summed E-state index contributed by atoms with van der Waals surface area (Å²) in [4.78, 5) is 2.37. The Morgan fingerprint density at radius 1 is 0.905 bits per heavy atom. The zero-order valence-electron chi connectivity index (χ0n) is 11.8. The molecule has 114 valence electrons. The number of hydrogen-bond acceptors (Lipinski definition) is 3. The van der Waals surface area contributed by atoms with E-state index in [1.807, 2.05) is 0 Å². The quantitative estimate of drug-likeness (QED) is 0.849. The Kier molecular flexibility index (Phi) is 6.87. The molecule has 0 aliphatic rings. The first kappa shape index (κ1) is 17.2. The van der Waals surface area contributed by atoms with Gasteiger partial charge in [-0.15, -0.1) is 0 Å². The Labute approximate surface area is 125 Å². The first-order valence-electron chi connectivity index (χ1n) is 6.44. The fraction of sp³-hybridized carbons (Fsp3) is 0.200. The number of nitrogens with zero attached hydrogens (tertiary/aromatic N) is 1. The maximum atomic E-state index is 8.74.